The number of hydrogen-bond donors (Lipinski definition) is 0. The predicted octanol–water partition coefficient (Wildman–Crippen LogP) is 13.3. The molecule has 90 heavy (non-hydrogen) atoms. The first-order valence-corrected chi connectivity index (χ1v) is 35.3. The van der Waals surface area contributed by atoms with Crippen LogP contribution in [0.3, 0.4) is 0 Å². The molecule has 0 N–H and O–H groups in total. The number of benzene rings is 14. The van der Waals surface area contributed by atoms with Gasteiger partial charge in [0.1, 0.15) is 0 Å². The SMILES string of the molecule is c1ccc(-c2ccc3c(c2)B2c4ccccc4N(c4ccc([Si](c5ccccc5)(c5ccccc5)c5ccccc5)cc4)c4cc(-n5c6ccccc6c6ccccc65)cc(c42)N3c2cccc([Si](c3ccccc3)(c3ccccc3)c3ccccc3)c2)cc1. The van der Waals surface area contributed by atoms with Gasteiger partial charge < -0.3 is 14.4 Å². The van der Waals surface area contributed by atoms with E-state index in [9.17, 15) is 0 Å². The van der Waals surface area contributed by atoms with Gasteiger partial charge >= 0.3 is 0 Å². The average Bonchev–Trinajstić information content (AvgIpc) is 0.798. The Morgan fingerprint density at radius 2 is 0.611 bits per heavy atom. The van der Waals surface area contributed by atoms with Crippen molar-refractivity contribution >= 4 is 137 Å². The summed E-state index contributed by atoms with van der Waals surface area (Å²) in [6.45, 7) is -0.118. The standard InChI is InChI=1S/C84H60BN3Si2/c1-8-29-61(30-9-1)62-51-56-81-77(57-62)85-76-47-24-27-50-80(76)86(63-52-54-72(55-53-63)89(66-32-10-2-11-33-66,67-34-12-3-13-35-67)68-36-14-4-15-37-68)82-59-65(88-78-48-25-22-45-74(78)75-46-23-26-49-79(75)88)60-83(84(82)85)87(81)64-31-28-44-73(58-64)90(69-38-16-5-17-39-69,70-40-18-6-19-41-70)71-42-20-7-21-43-71/h1-60H. The summed E-state index contributed by atoms with van der Waals surface area (Å²) in [4.78, 5) is 5.20. The van der Waals surface area contributed by atoms with Gasteiger partial charge in [-0.15, -0.1) is 0 Å². The summed E-state index contributed by atoms with van der Waals surface area (Å²) in [5.41, 5.74) is 16.5. The minimum atomic E-state index is -2.99. The molecule has 1 aromatic heterocycles. The minimum absolute atomic E-state index is 0.118. The molecule has 3 heterocycles. The van der Waals surface area contributed by atoms with Crippen LogP contribution < -0.4 is 67.7 Å². The van der Waals surface area contributed by atoms with Crippen LogP contribution in [0.25, 0.3) is 38.6 Å². The monoisotopic (exact) mass is 1180 g/mol. The van der Waals surface area contributed by atoms with Crippen LogP contribution >= 0.6 is 0 Å². The first-order chi connectivity index (χ1) is 44.7. The summed E-state index contributed by atoms with van der Waals surface area (Å²) in [5, 5.41) is 13.2. The van der Waals surface area contributed by atoms with E-state index in [1.54, 1.807) is 0 Å². The van der Waals surface area contributed by atoms with E-state index >= 15 is 0 Å². The molecule has 3 nitrogen and oxygen atoms in total. The Morgan fingerprint density at radius 1 is 0.222 bits per heavy atom. The highest BCUT2D eigenvalue weighted by Gasteiger charge is 2.47. The van der Waals surface area contributed by atoms with Crippen LogP contribution in [0.5, 0.6) is 0 Å². The Morgan fingerprint density at radius 3 is 1.11 bits per heavy atom. The number of rotatable bonds is 12. The summed E-state index contributed by atoms with van der Waals surface area (Å²) in [6, 6.07) is 137. The maximum absolute atomic E-state index is 2.99. The van der Waals surface area contributed by atoms with Gasteiger partial charge in [0.25, 0.3) is 6.71 Å². The molecule has 2 aliphatic heterocycles. The number of para-hydroxylation sites is 3. The van der Waals surface area contributed by atoms with Gasteiger partial charge in [0.15, 0.2) is 16.1 Å². The first kappa shape index (κ1) is 53.2. The Labute approximate surface area is 528 Å². The number of anilines is 6. The van der Waals surface area contributed by atoms with E-state index in [4.69, 9.17) is 0 Å². The summed E-state index contributed by atoms with van der Waals surface area (Å²) >= 11 is 0. The van der Waals surface area contributed by atoms with Crippen LogP contribution in [-0.2, 0) is 0 Å². The molecule has 0 radical (unpaired) electrons. The summed E-state index contributed by atoms with van der Waals surface area (Å²) < 4.78 is 2.51. The molecule has 0 atom stereocenters. The van der Waals surface area contributed by atoms with E-state index in [1.807, 2.05) is 0 Å². The molecule has 0 aliphatic carbocycles. The lowest BCUT2D eigenvalue weighted by molar-refractivity contribution is 1.16. The smallest absolute Gasteiger partial charge is 0.252 e. The third kappa shape index (κ3) is 8.33. The van der Waals surface area contributed by atoms with Crippen molar-refractivity contribution in [3.63, 3.8) is 0 Å². The molecule has 17 rings (SSSR count). The third-order valence-electron chi connectivity index (χ3n) is 19.2. The van der Waals surface area contributed by atoms with Gasteiger partial charge in [-0.3, -0.25) is 0 Å². The van der Waals surface area contributed by atoms with Gasteiger partial charge in [0.05, 0.1) is 16.7 Å². The van der Waals surface area contributed by atoms with Gasteiger partial charge in [-0.2, -0.15) is 0 Å². The zero-order chi connectivity index (χ0) is 59.6. The normalized spacial score (nSPS) is 12.6. The number of nitrogens with zero attached hydrogens (tertiary/aromatic N) is 3. The highest BCUT2D eigenvalue weighted by molar-refractivity contribution is 7.20. The van der Waals surface area contributed by atoms with Crippen molar-refractivity contribution in [2.24, 2.45) is 0 Å². The molecule has 0 fully saturated rings. The van der Waals surface area contributed by atoms with Crippen molar-refractivity contribution < 1.29 is 0 Å². The molecule has 0 amide bonds. The van der Waals surface area contributed by atoms with Crippen LogP contribution in [0, 0.1) is 0 Å². The first-order valence-electron chi connectivity index (χ1n) is 31.3. The van der Waals surface area contributed by atoms with Crippen molar-refractivity contribution in [1.82, 2.24) is 4.57 Å². The quantitative estimate of drug-likeness (QED) is 0.0892. The zero-order valence-electron chi connectivity index (χ0n) is 49.6. The molecule has 0 unspecified atom stereocenters. The van der Waals surface area contributed by atoms with E-state index in [0.29, 0.717) is 0 Å². The molecule has 2 aliphatic rings. The Kier molecular flexibility index (Phi) is 13.0. The van der Waals surface area contributed by atoms with Crippen molar-refractivity contribution in [2.45, 2.75) is 0 Å². The van der Waals surface area contributed by atoms with E-state index in [-0.39, 0.29) is 6.71 Å². The maximum atomic E-state index is 2.62. The fourth-order valence-corrected chi connectivity index (χ4v) is 25.0. The van der Waals surface area contributed by atoms with Crippen molar-refractivity contribution in [2.75, 3.05) is 9.80 Å². The lowest BCUT2D eigenvalue weighted by Crippen LogP contribution is -2.74. The average molecular weight is 1180 g/mol. The van der Waals surface area contributed by atoms with E-state index < -0.39 is 16.1 Å². The van der Waals surface area contributed by atoms with Gasteiger partial charge in [0, 0.05) is 44.9 Å². The van der Waals surface area contributed by atoms with Crippen molar-refractivity contribution in [3.8, 4) is 16.8 Å². The summed E-state index contributed by atoms with van der Waals surface area (Å²) in [6.07, 6.45) is 0. The minimum Gasteiger partial charge on any atom is -0.311 e. The fourth-order valence-electron chi connectivity index (χ4n) is 15.5. The predicted molar refractivity (Wildman–Crippen MR) is 387 cm³/mol. The van der Waals surface area contributed by atoms with Crippen LogP contribution in [0.2, 0.25) is 0 Å². The molecule has 0 saturated carbocycles. The molecule has 0 spiro atoms. The Balaban J connectivity index is 0.962. The third-order valence-corrected chi connectivity index (χ3v) is 28.8. The second-order valence-corrected chi connectivity index (χ2v) is 31.5. The summed E-state index contributed by atoms with van der Waals surface area (Å²) in [7, 11) is -5.85. The molecule has 0 bridgehead atoms. The molecule has 14 aromatic carbocycles. The van der Waals surface area contributed by atoms with Crippen LogP contribution in [0.15, 0.2) is 364 Å². The Bertz CT molecular complexity index is 4880. The molecule has 422 valence electrons. The van der Waals surface area contributed by atoms with Gasteiger partial charge in [-0.1, -0.05) is 303 Å². The second kappa shape index (κ2) is 22.0. The number of fused-ring (bicyclic) bond motifs is 7. The van der Waals surface area contributed by atoms with E-state index in [0.717, 1.165) is 34.1 Å². The van der Waals surface area contributed by atoms with Crippen LogP contribution in [0.1, 0.15) is 0 Å². The maximum Gasteiger partial charge on any atom is 0.252 e. The van der Waals surface area contributed by atoms with Gasteiger partial charge in [-0.25, -0.2) is 0 Å². The molecule has 15 aromatic rings. The Hall–Kier alpha value is -11.0. The fraction of sp³-hybridized carbons (Fsp3) is 0. The number of hydrogen-bond acceptors (Lipinski definition) is 2. The molecule has 6 heteroatoms. The highest BCUT2D eigenvalue weighted by Crippen LogP contribution is 2.47. The second-order valence-electron chi connectivity index (χ2n) is 23.9. The lowest BCUT2D eigenvalue weighted by atomic mass is 9.33. The van der Waals surface area contributed by atoms with Gasteiger partial charge in [-0.05, 0) is 130 Å². The molecular formula is C84H60BN3Si2. The summed E-state index contributed by atoms with van der Waals surface area (Å²) in [5.74, 6) is 0. The van der Waals surface area contributed by atoms with Crippen molar-refractivity contribution in [3.05, 3.63) is 364 Å². The molecular weight excluding hydrogens is 1120 g/mol. The number of aromatic nitrogens is 1. The molecule has 0 saturated heterocycles. The zero-order valence-corrected chi connectivity index (χ0v) is 51.6. The van der Waals surface area contributed by atoms with E-state index in [2.05, 4.69) is 378 Å². The van der Waals surface area contributed by atoms with Gasteiger partial charge in [0.2, 0.25) is 0 Å². The topological polar surface area (TPSA) is 11.4 Å². The lowest BCUT2D eigenvalue weighted by Gasteiger charge is -2.45. The van der Waals surface area contributed by atoms with Crippen molar-refractivity contribution in [1.29, 1.82) is 0 Å². The largest absolute Gasteiger partial charge is 0.311 e. The highest BCUT2D eigenvalue weighted by atomic mass is 28.3. The van der Waals surface area contributed by atoms with Crippen LogP contribution in [0.4, 0.5) is 34.1 Å². The van der Waals surface area contributed by atoms with Crippen LogP contribution in [-0.4, -0.2) is 27.4 Å². The van der Waals surface area contributed by atoms with E-state index in [1.165, 1.54) is 96.5 Å².